The Kier molecular flexibility index (Phi) is 9.28. The van der Waals surface area contributed by atoms with Gasteiger partial charge in [0.05, 0.1) is 0 Å². The first kappa shape index (κ1) is 29.3. The largest absolute Gasteiger partial charge is 0.486 e. The van der Waals surface area contributed by atoms with Gasteiger partial charge in [-0.1, -0.05) is 58.0 Å². The lowest BCUT2D eigenvalue weighted by Crippen LogP contribution is -2.41. The lowest BCUT2D eigenvalue weighted by molar-refractivity contribution is -0.139. The molecule has 8 nitrogen and oxygen atoms in total. The van der Waals surface area contributed by atoms with Crippen LogP contribution in [0.1, 0.15) is 75.7 Å². The van der Waals surface area contributed by atoms with Crippen molar-refractivity contribution in [1.29, 1.82) is 0 Å². The summed E-state index contributed by atoms with van der Waals surface area (Å²) >= 11 is 0. The van der Waals surface area contributed by atoms with Crippen molar-refractivity contribution in [3.63, 3.8) is 0 Å². The van der Waals surface area contributed by atoms with Crippen molar-refractivity contribution in [1.82, 2.24) is 5.32 Å². The van der Waals surface area contributed by atoms with Gasteiger partial charge in [-0.15, -0.1) is 0 Å². The minimum absolute atomic E-state index is 0.00309. The molecule has 0 saturated heterocycles. The van der Waals surface area contributed by atoms with E-state index in [-0.39, 0.29) is 35.9 Å². The normalized spacial score (nSPS) is 20.8. The van der Waals surface area contributed by atoms with Crippen LogP contribution in [0, 0.1) is 17.8 Å². The Morgan fingerprint density at radius 1 is 1.07 bits per heavy atom. The smallest absolute Gasteiger partial charge is 0.326 e. The van der Waals surface area contributed by atoms with Gasteiger partial charge >= 0.3 is 5.97 Å². The second-order valence-electron chi connectivity index (χ2n) is 11.7. The van der Waals surface area contributed by atoms with Gasteiger partial charge in [0.2, 0.25) is 0 Å². The van der Waals surface area contributed by atoms with E-state index < -0.39 is 17.9 Å². The number of hydrogen-bond donors (Lipinski definition) is 2. The summed E-state index contributed by atoms with van der Waals surface area (Å²) in [5, 5.41) is 11.9. The van der Waals surface area contributed by atoms with Gasteiger partial charge in [-0.3, -0.25) is 9.59 Å². The zero-order valence-electron chi connectivity index (χ0n) is 23.8. The number of carboxylic acids is 1. The first-order chi connectivity index (χ1) is 19.1. The summed E-state index contributed by atoms with van der Waals surface area (Å²) in [6.07, 6.45) is 3.25. The van der Waals surface area contributed by atoms with E-state index in [1.165, 1.54) is 5.56 Å². The van der Waals surface area contributed by atoms with E-state index in [9.17, 15) is 19.5 Å². The van der Waals surface area contributed by atoms with Crippen molar-refractivity contribution in [2.24, 2.45) is 22.7 Å². The molecule has 1 heterocycles. The van der Waals surface area contributed by atoms with Gasteiger partial charge in [-0.25, -0.2) is 9.79 Å². The average Bonchev–Trinajstić information content (AvgIpc) is 3.50. The molecule has 0 radical (unpaired) electrons. The number of carbonyl (C=O) groups is 3. The van der Waals surface area contributed by atoms with Crippen LogP contribution >= 0.6 is 0 Å². The topological polar surface area (TPSA) is 114 Å². The van der Waals surface area contributed by atoms with Crippen molar-refractivity contribution in [3.05, 3.63) is 65.7 Å². The third-order valence-corrected chi connectivity index (χ3v) is 7.75. The maximum atomic E-state index is 12.6. The van der Waals surface area contributed by atoms with Crippen LogP contribution in [0.15, 0.2) is 59.6 Å². The Hall–Kier alpha value is -3.68. The van der Waals surface area contributed by atoms with E-state index in [0.717, 1.165) is 25.2 Å². The van der Waals surface area contributed by atoms with Crippen LogP contribution in [-0.4, -0.2) is 47.4 Å². The number of carboxylic acid groups (broad SMARTS) is 1. The van der Waals surface area contributed by atoms with Crippen LogP contribution in [-0.2, 0) is 19.9 Å². The number of benzene rings is 2. The maximum absolute atomic E-state index is 12.6. The molecule has 2 aromatic rings. The molecule has 4 atom stereocenters. The third-order valence-electron chi connectivity index (χ3n) is 7.75. The fourth-order valence-electron chi connectivity index (χ4n) is 5.20. The third kappa shape index (κ3) is 7.29. The molecule has 1 aliphatic heterocycles. The van der Waals surface area contributed by atoms with Crippen molar-refractivity contribution in [3.8, 4) is 5.75 Å². The Balaban J connectivity index is 1.23. The number of aliphatic carboxylic acids is 1. The molecule has 2 N–H and O–H groups in total. The number of aliphatic imine (C=N–C) groups is 1. The van der Waals surface area contributed by atoms with Gasteiger partial charge < -0.3 is 19.9 Å². The summed E-state index contributed by atoms with van der Waals surface area (Å²) in [7, 11) is 0. The fraction of sp³-hybridized carbons (Fsp3) is 0.500. The van der Waals surface area contributed by atoms with E-state index >= 15 is 0 Å². The van der Waals surface area contributed by atoms with E-state index in [0.29, 0.717) is 30.1 Å². The number of Topliss-reactive ketones (excluding diaryl/α,β-unsaturated/α-hetero) is 1. The highest BCUT2D eigenvalue weighted by Gasteiger charge is 2.62. The summed E-state index contributed by atoms with van der Waals surface area (Å²) < 4.78 is 11.8. The van der Waals surface area contributed by atoms with Crippen LogP contribution in [0.5, 0.6) is 5.75 Å². The van der Waals surface area contributed by atoms with Crippen molar-refractivity contribution in [2.75, 3.05) is 6.61 Å². The molecule has 1 amide bonds. The number of carbonyl (C=O) groups excluding carboxylic acids is 2. The monoisotopic (exact) mass is 548 g/mol. The second-order valence-corrected chi connectivity index (χ2v) is 11.7. The summed E-state index contributed by atoms with van der Waals surface area (Å²) in [5.41, 5.74) is 1.31. The predicted octanol–water partition coefficient (Wildman–Crippen LogP) is 5.40. The lowest BCUT2D eigenvalue weighted by Gasteiger charge is -2.20. The van der Waals surface area contributed by atoms with Crippen molar-refractivity contribution < 1.29 is 29.0 Å². The SMILES string of the molecule is CC(C)CC(NC(=O)c1ccc(OCC(=O)CCC(CC2=NC3(c4ccccc4)CC3O2)C(C)C)cc1)C(=O)O. The summed E-state index contributed by atoms with van der Waals surface area (Å²) in [5.74, 6) is 0.540. The molecule has 4 unspecified atom stereocenters. The highest BCUT2D eigenvalue weighted by molar-refractivity contribution is 5.96. The number of ether oxygens (including phenoxy) is 2. The number of nitrogens with zero attached hydrogens (tertiary/aromatic N) is 1. The fourth-order valence-corrected chi connectivity index (χ4v) is 5.20. The maximum Gasteiger partial charge on any atom is 0.326 e. The molecule has 4 rings (SSSR count). The molecule has 214 valence electrons. The summed E-state index contributed by atoms with van der Waals surface area (Å²) in [6.45, 7) is 8.07. The Morgan fingerprint density at radius 2 is 1.77 bits per heavy atom. The number of rotatable bonds is 15. The standard InChI is InChI=1S/C32H40N2O6/c1-20(2)16-27(31(37)38)33-30(36)22-11-14-26(15-12-22)39-19-25(35)13-10-23(21(3)4)17-29-34-32(18-28(32)40-29)24-8-6-5-7-9-24/h5-9,11-12,14-15,20-21,23,27-28H,10,13,16-19H2,1-4H3,(H,33,36)(H,37,38). The average molecular weight is 549 g/mol. The molecule has 1 aliphatic carbocycles. The van der Waals surface area contributed by atoms with Crippen LogP contribution < -0.4 is 10.1 Å². The van der Waals surface area contributed by atoms with Gasteiger partial charge in [0.1, 0.15) is 30.0 Å². The van der Waals surface area contributed by atoms with Gasteiger partial charge in [0.15, 0.2) is 11.7 Å². The van der Waals surface area contributed by atoms with E-state index in [1.807, 2.05) is 32.0 Å². The quantitative estimate of drug-likeness (QED) is 0.308. The lowest BCUT2D eigenvalue weighted by atomic mass is 9.87. The number of amides is 1. The predicted molar refractivity (Wildman–Crippen MR) is 153 cm³/mol. The van der Waals surface area contributed by atoms with Crippen LogP contribution in [0.2, 0.25) is 0 Å². The zero-order valence-corrected chi connectivity index (χ0v) is 23.8. The molecule has 2 aliphatic rings. The molecule has 2 aromatic carbocycles. The molecular weight excluding hydrogens is 508 g/mol. The highest BCUT2D eigenvalue weighted by Crippen LogP contribution is 2.56. The molecule has 1 saturated carbocycles. The molecule has 0 spiro atoms. The minimum atomic E-state index is -1.06. The van der Waals surface area contributed by atoms with Crippen LogP contribution in [0.25, 0.3) is 0 Å². The first-order valence-electron chi connectivity index (χ1n) is 14.2. The second kappa shape index (κ2) is 12.7. The first-order valence-corrected chi connectivity index (χ1v) is 14.2. The van der Waals surface area contributed by atoms with Gasteiger partial charge in [0, 0.05) is 24.8 Å². The summed E-state index contributed by atoms with van der Waals surface area (Å²) in [6, 6.07) is 15.7. The van der Waals surface area contributed by atoms with Crippen molar-refractivity contribution >= 4 is 23.6 Å². The molecule has 8 heteroatoms. The molecule has 1 fully saturated rings. The number of nitrogens with one attached hydrogen (secondary N) is 1. The zero-order chi connectivity index (χ0) is 28.9. The number of fused-ring (bicyclic) bond motifs is 1. The Labute approximate surface area is 236 Å². The molecular formula is C32H40N2O6. The molecule has 0 aromatic heterocycles. The van der Waals surface area contributed by atoms with E-state index in [2.05, 4.69) is 31.3 Å². The van der Waals surface area contributed by atoms with Gasteiger partial charge in [-0.05, 0) is 60.4 Å². The van der Waals surface area contributed by atoms with Crippen LogP contribution in [0.4, 0.5) is 0 Å². The minimum Gasteiger partial charge on any atom is -0.486 e. The van der Waals surface area contributed by atoms with Crippen molar-refractivity contribution in [2.45, 2.75) is 77.5 Å². The van der Waals surface area contributed by atoms with Crippen LogP contribution in [0.3, 0.4) is 0 Å². The number of hydrogen-bond acceptors (Lipinski definition) is 6. The van der Waals surface area contributed by atoms with Gasteiger partial charge in [-0.2, -0.15) is 0 Å². The Bertz CT molecular complexity index is 1220. The van der Waals surface area contributed by atoms with E-state index in [1.54, 1.807) is 24.3 Å². The Morgan fingerprint density at radius 3 is 2.40 bits per heavy atom. The van der Waals surface area contributed by atoms with Gasteiger partial charge in [0.25, 0.3) is 5.91 Å². The number of ketones is 1. The molecule has 0 bridgehead atoms. The van der Waals surface area contributed by atoms with E-state index in [4.69, 9.17) is 14.5 Å². The summed E-state index contributed by atoms with van der Waals surface area (Å²) in [4.78, 5) is 41.5. The molecule has 40 heavy (non-hydrogen) atoms. The highest BCUT2D eigenvalue weighted by atomic mass is 16.5.